The number of carbonyl (C=O) groups is 1. The van der Waals surface area contributed by atoms with E-state index >= 15 is 0 Å². The molecule has 0 spiro atoms. The van der Waals surface area contributed by atoms with Crippen LogP contribution in [0, 0.1) is 5.92 Å². The molecule has 2 rings (SSSR count). The Morgan fingerprint density at radius 1 is 1.28 bits per heavy atom. The van der Waals surface area contributed by atoms with E-state index in [1.54, 1.807) is 6.07 Å². The molecule has 0 aliphatic rings. The quantitative estimate of drug-likeness (QED) is 0.822. The first-order valence-electron chi connectivity index (χ1n) is 6.38. The molecule has 2 aromatic rings. The van der Waals surface area contributed by atoms with Crippen molar-refractivity contribution < 1.29 is 14.3 Å². The summed E-state index contributed by atoms with van der Waals surface area (Å²) in [4.78, 5) is 12.1. The topological polar surface area (TPSA) is 50.4 Å². The number of ketones is 1. The van der Waals surface area contributed by atoms with Gasteiger partial charge in [0.05, 0.1) is 0 Å². The lowest BCUT2D eigenvalue weighted by atomic mass is 9.93. The Morgan fingerprint density at radius 3 is 2.56 bits per heavy atom. The minimum Gasteiger partial charge on any atom is -0.453 e. The molecule has 0 bridgehead atoms. The molecule has 0 aliphatic heterocycles. The molecular weight excluding hydrogens is 228 g/mol. The number of furan rings is 1. The van der Waals surface area contributed by atoms with Crippen molar-refractivity contribution in [2.24, 2.45) is 5.92 Å². The Hall–Kier alpha value is -1.61. The lowest BCUT2D eigenvalue weighted by Gasteiger charge is -2.17. The second-order valence-corrected chi connectivity index (χ2v) is 4.53. The number of rotatable bonds is 5. The van der Waals surface area contributed by atoms with Crippen LogP contribution in [-0.2, 0) is 0 Å². The number of benzene rings is 1. The SMILES string of the molecule is CCC(CC)C(O)C(=O)c1cc2ccccc2o1. The molecular formula is C15H18O3. The largest absolute Gasteiger partial charge is 0.453 e. The monoisotopic (exact) mass is 246 g/mol. The molecule has 0 amide bonds. The summed E-state index contributed by atoms with van der Waals surface area (Å²) < 4.78 is 5.48. The average molecular weight is 246 g/mol. The predicted molar refractivity (Wildman–Crippen MR) is 70.6 cm³/mol. The van der Waals surface area contributed by atoms with E-state index in [2.05, 4.69) is 0 Å². The van der Waals surface area contributed by atoms with Gasteiger partial charge in [-0.3, -0.25) is 4.79 Å². The van der Waals surface area contributed by atoms with E-state index in [9.17, 15) is 9.90 Å². The van der Waals surface area contributed by atoms with Gasteiger partial charge in [0.1, 0.15) is 11.7 Å². The summed E-state index contributed by atoms with van der Waals surface area (Å²) >= 11 is 0. The molecule has 1 heterocycles. The van der Waals surface area contributed by atoms with Crippen LogP contribution in [-0.4, -0.2) is 17.0 Å². The highest BCUT2D eigenvalue weighted by atomic mass is 16.4. The van der Waals surface area contributed by atoms with Crippen LogP contribution < -0.4 is 0 Å². The van der Waals surface area contributed by atoms with Gasteiger partial charge in [-0.1, -0.05) is 44.9 Å². The van der Waals surface area contributed by atoms with Crippen molar-refractivity contribution in [2.75, 3.05) is 0 Å². The molecule has 1 unspecified atom stereocenters. The molecule has 3 heteroatoms. The van der Waals surface area contributed by atoms with Gasteiger partial charge in [0.15, 0.2) is 5.76 Å². The minimum absolute atomic E-state index is 0.00860. The minimum atomic E-state index is -0.972. The van der Waals surface area contributed by atoms with Gasteiger partial charge in [0.25, 0.3) is 0 Å². The van der Waals surface area contributed by atoms with Crippen molar-refractivity contribution in [1.29, 1.82) is 0 Å². The maximum Gasteiger partial charge on any atom is 0.226 e. The molecule has 3 nitrogen and oxygen atoms in total. The average Bonchev–Trinajstić information content (AvgIpc) is 2.82. The van der Waals surface area contributed by atoms with Crippen molar-refractivity contribution in [3.8, 4) is 0 Å². The van der Waals surface area contributed by atoms with E-state index in [4.69, 9.17) is 4.42 Å². The zero-order valence-electron chi connectivity index (χ0n) is 10.7. The van der Waals surface area contributed by atoms with Gasteiger partial charge in [-0.2, -0.15) is 0 Å². The molecule has 1 atom stereocenters. The second-order valence-electron chi connectivity index (χ2n) is 4.53. The summed E-state index contributed by atoms with van der Waals surface area (Å²) in [5.74, 6) is -0.0822. The molecule has 0 radical (unpaired) electrons. The highest BCUT2D eigenvalue weighted by Gasteiger charge is 2.26. The molecule has 0 fully saturated rings. The summed E-state index contributed by atoms with van der Waals surface area (Å²) in [6, 6.07) is 9.15. The Labute approximate surface area is 106 Å². The van der Waals surface area contributed by atoms with Crippen molar-refractivity contribution in [2.45, 2.75) is 32.8 Å². The summed E-state index contributed by atoms with van der Waals surface area (Å²) in [6.07, 6.45) is 0.591. The van der Waals surface area contributed by atoms with E-state index in [1.165, 1.54) is 0 Å². The highest BCUT2D eigenvalue weighted by Crippen LogP contribution is 2.23. The smallest absolute Gasteiger partial charge is 0.226 e. The Morgan fingerprint density at radius 2 is 1.94 bits per heavy atom. The number of aliphatic hydroxyl groups excluding tert-OH is 1. The van der Waals surface area contributed by atoms with Crippen molar-refractivity contribution in [3.05, 3.63) is 36.1 Å². The zero-order chi connectivity index (χ0) is 13.1. The van der Waals surface area contributed by atoms with Crippen LogP contribution in [0.2, 0.25) is 0 Å². The summed E-state index contributed by atoms with van der Waals surface area (Å²) in [7, 11) is 0. The van der Waals surface area contributed by atoms with E-state index in [0.29, 0.717) is 5.58 Å². The lowest BCUT2D eigenvalue weighted by Crippen LogP contribution is -2.28. The number of hydrogen-bond acceptors (Lipinski definition) is 3. The Kier molecular flexibility index (Phi) is 3.82. The number of hydrogen-bond donors (Lipinski definition) is 1. The second kappa shape index (κ2) is 5.36. The maximum absolute atomic E-state index is 12.1. The van der Waals surface area contributed by atoms with E-state index in [0.717, 1.165) is 18.2 Å². The maximum atomic E-state index is 12.1. The van der Waals surface area contributed by atoms with Gasteiger partial charge in [0, 0.05) is 5.39 Å². The fourth-order valence-electron chi connectivity index (χ4n) is 2.20. The normalized spacial score (nSPS) is 13.1. The molecule has 0 aliphatic carbocycles. The fourth-order valence-corrected chi connectivity index (χ4v) is 2.20. The molecule has 1 aromatic heterocycles. The molecule has 0 saturated carbocycles. The van der Waals surface area contributed by atoms with Crippen molar-refractivity contribution in [1.82, 2.24) is 0 Å². The van der Waals surface area contributed by atoms with Crippen LogP contribution in [0.4, 0.5) is 0 Å². The third-order valence-electron chi connectivity index (χ3n) is 3.43. The highest BCUT2D eigenvalue weighted by molar-refractivity contribution is 6.00. The van der Waals surface area contributed by atoms with E-state index < -0.39 is 6.10 Å². The van der Waals surface area contributed by atoms with Crippen LogP contribution in [0.5, 0.6) is 0 Å². The first kappa shape index (κ1) is 12.8. The number of Topliss-reactive ketones (excluding diaryl/α,β-unsaturated/α-hetero) is 1. The zero-order valence-corrected chi connectivity index (χ0v) is 10.7. The van der Waals surface area contributed by atoms with Crippen molar-refractivity contribution in [3.63, 3.8) is 0 Å². The van der Waals surface area contributed by atoms with Gasteiger partial charge in [0.2, 0.25) is 5.78 Å². The molecule has 1 aromatic carbocycles. The molecule has 1 N–H and O–H groups in total. The van der Waals surface area contributed by atoms with Gasteiger partial charge >= 0.3 is 0 Å². The summed E-state index contributed by atoms with van der Waals surface area (Å²) in [5.41, 5.74) is 0.678. The first-order chi connectivity index (χ1) is 8.67. The Bertz CT molecular complexity index is 504. The van der Waals surface area contributed by atoms with Gasteiger partial charge in [-0.25, -0.2) is 0 Å². The third-order valence-corrected chi connectivity index (χ3v) is 3.43. The third kappa shape index (κ3) is 2.31. The number of para-hydroxylation sites is 1. The standard InChI is InChI=1S/C15H18O3/c1-3-10(4-2)14(16)15(17)13-9-11-7-5-6-8-12(11)18-13/h5-10,14,16H,3-4H2,1-2H3. The van der Waals surface area contributed by atoms with E-state index in [-0.39, 0.29) is 17.5 Å². The number of aliphatic hydroxyl groups is 1. The summed E-state index contributed by atoms with van der Waals surface area (Å²) in [6.45, 7) is 3.95. The van der Waals surface area contributed by atoms with Gasteiger partial charge < -0.3 is 9.52 Å². The van der Waals surface area contributed by atoms with Crippen LogP contribution >= 0.6 is 0 Å². The van der Waals surface area contributed by atoms with E-state index in [1.807, 2.05) is 38.1 Å². The Balaban J connectivity index is 2.27. The molecule has 0 saturated heterocycles. The van der Waals surface area contributed by atoms with Crippen LogP contribution in [0.1, 0.15) is 37.2 Å². The fraction of sp³-hybridized carbons (Fsp3) is 0.400. The summed E-state index contributed by atoms with van der Waals surface area (Å²) in [5, 5.41) is 10.9. The molecule has 18 heavy (non-hydrogen) atoms. The molecule has 96 valence electrons. The van der Waals surface area contributed by atoms with Crippen LogP contribution in [0.25, 0.3) is 11.0 Å². The predicted octanol–water partition coefficient (Wildman–Crippen LogP) is 3.41. The van der Waals surface area contributed by atoms with Crippen LogP contribution in [0.3, 0.4) is 0 Å². The van der Waals surface area contributed by atoms with Crippen LogP contribution in [0.15, 0.2) is 34.7 Å². The lowest BCUT2D eigenvalue weighted by molar-refractivity contribution is 0.0562. The number of carbonyl (C=O) groups excluding carboxylic acids is 1. The van der Waals surface area contributed by atoms with Gasteiger partial charge in [-0.05, 0) is 18.1 Å². The van der Waals surface area contributed by atoms with Crippen molar-refractivity contribution >= 4 is 16.8 Å². The van der Waals surface area contributed by atoms with Gasteiger partial charge in [-0.15, -0.1) is 0 Å². The number of fused-ring (bicyclic) bond motifs is 1. The first-order valence-corrected chi connectivity index (χ1v) is 6.38.